The zero-order chi connectivity index (χ0) is 10.0. The summed E-state index contributed by atoms with van der Waals surface area (Å²) in [5, 5.41) is 5.35. The van der Waals surface area contributed by atoms with Crippen LogP contribution in [-0.2, 0) is 0 Å². The van der Waals surface area contributed by atoms with Gasteiger partial charge < -0.3 is 5.32 Å². The van der Waals surface area contributed by atoms with Gasteiger partial charge in [0.25, 0.3) is 0 Å². The summed E-state index contributed by atoms with van der Waals surface area (Å²) in [5.74, 6) is 0.930. The fourth-order valence-electron chi connectivity index (χ4n) is 1.94. The van der Waals surface area contributed by atoms with Gasteiger partial charge in [-0.25, -0.2) is 4.98 Å². The molecule has 0 spiro atoms. The molecule has 0 aromatic carbocycles. The van der Waals surface area contributed by atoms with E-state index in [0.717, 1.165) is 12.4 Å². The predicted molar refractivity (Wildman–Crippen MR) is 62.2 cm³/mol. The molecule has 0 radical (unpaired) electrons. The number of anilines is 1. The average molecular weight is 231 g/mol. The highest BCUT2D eigenvalue weighted by molar-refractivity contribution is 7.14. The fourth-order valence-corrected chi connectivity index (χ4v) is 2.66. The second kappa shape index (κ2) is 4.07. The minimum Gasteiger partial charge on any atom is -0.369 e. The summed E-state index contributed by atoms with van der Waals surface area (Å²) in [6.45, 7) is 3.32. The van der Waals surface area contributed by atoms with Gasteiger partial charge in [0.2, 0.25) is 0 Å². The third kappa shape index (κ3) is 2.04. The first-order valence-electron chi connectivity index (χ1n) is 5.09. The molecular weight excluding hydrogens is 216 g/mol. The van der Waals surface area contributed by atoms with Gasteiger partial charge in [0, 0.05) is 11.9 Å². The minimum atomic E-state index is 0.538. The predicted octanol–water partition coefficient (Wildman–Crippen LogP) is 3.79. The van der Waals surface area contributed by atoms with E-state index in [9.17, 15) is 0 Å². The maximum Gasteiger partial charge on any atom is 0.185 e. The number of hydrogen-bond donors (Lipinski definition) is 1. The molecule has 0 unspecified atom stereocenters. The van der Waals surface area contributed by atoms with Crippen molar-refractivity contribution in [2.24, 2.45) is 5.41 Å². The van der Waals surface area contributed by atoms with E-state index in [1.54, 1.807) is 0 Å². The van der Waals surface area contributed by atoms with Crippen molar-refractivity contribution in [3.63, 3.8) is 0 Å². The highest BCUT2D eigenvalue weighted by atomic mass is 35.5. The topological polar surface area (TPSA) is 24.9 Å². The van der Waals surface area contributed by atoms with Crippen LogP contribution >= 0.6 is 22.9 Å². The van der Waals surface area contributed by atoms with Crippen LogP contribution in [0.5, 0.6) is 0 Å². The number of aromatic nitrogens is 1. The maximum atomic E-state index is 5.76. The highest BCUT2D eigenvalue weighted by Crippen LogP contribution is 2.43. The molecule has 1 heterocycles. The highest BCUT2D eigenvalue weighted by Gasteiger charge is 2.34. The van der Waals surface area contributed by atoms with Crippen molar-refractivity contribution >= 4 is 28.8 Å². The molecule has 2 rings (SSSR count). The van der Waals surface area contributed by atoms with Crippen molar-refractivity contribution in [1.82, 2.24) is 4.98 Å². The van der Waals surface area contributed by atoms with Crippen molar-refractivity contribution in [1.29, 1.82) is 0 Å². The summed E-state index contributed by atoms with van der Waals surface area (Å²) in [7, 11) is 0. The van der Waals surface area contributed by atoms with Gasteiger partial charge in [-0.3, -0.25) is 0 Å². The Kier molecular flexibility index (Phi) is 2.98. The molecule has 0 atom stereocenters. The Hall–Kier alpha value is -0.280. The monoisotopic (exact) mass is 230 g/mol. The second-order valence-electron chi connectivity index (χ2n) is 4.05. The first-order chi connectivity index (χ1) is 6.74. The van der Waals surface area contributed by atoms with E-state index in [4.69, 9.17) is 11.6 Å². The summed E-state index contributed by atoms with van der Waals surface area (Å²) in [4.78, 5) is 4.18. The largest absolute Gasteiger partial charge is 0.369 e. The normalized spacial score (nSPS) is 19.0. The van der Waals surface area contributed by atoms with Gasteiger partial charge in [-0.15, -0.1) is 11.3 Å². The summed E-state index contributed by atoms with van der Waals surface area (Å²) >= 11 is 7.24. The Morgan fingerprint density at radius 1 is 1.64 bits per heavy atom. The molecule has 0 aliphatic heterocycles. The molecule has 0 bridgehead atoms. The maximum absolute atomic E-state index is 5.76. The number of rotatable bonds is 4. The second-order valence-corrected chi connectivity index (χ2v) is 5.49. The molecule has 14 heavy (non-hydrogen) atoms. The van der Waals surface area contributed by atoms with Gasteiger partial charge in [-0.1, -0.05) is 24.9 Å². The van der Waals surface area contributed by atoms with Gasteiger partial charge >= 0.3 is 0 Å². The number of halogens is 1. The lowest BCUT2D eigenvalue weighted by Gasteiger charge is -2.41. The summed E-state index contributed by atoms with van der Waals surface area (Å²) in [6, 6.07) is 0. The van der Waals surface area contributed by atoms with Crippen LogP contribution in [0.2, 0.25) is 4.47 Å². The molecule has 0 amide bonds. The first kappa shape index (κ1) is 10.2. The third-order valence-electron chi connectivity index (χ3n) is 3.28. The van der Waals surface area contributed by atoms with Crippen molar-refractivity contribution in [2.45, 2.75) is 32.6 Å². The summed E-state index contributed by atoms with van der Waals surface area (Å²) in [6.07, 6.45) is 5.36. The SMILES string of the molecule is CCC1(CNc2csc(Cl)n2)CCC1. The van der Waals surface area contributed by atoms with E-state index in [2.05, 4.69) is 17.2 Å². The molecule has 4 heteroatoms. The molecule has 1 aromatic rings. The van der Waals surface area contributed by atoms with Crippen LogP contribution in [0.25, 0.3) is 0 Å². The van der Waals surface area contributed by atoms with Crippen LogP contribution in [0.3, 0.4) is 0 Å². The molecule has 1 aromatic heterocycles. The van der Waals surface area contributed by atoms with Gasteiger partial charge in [0.05, 0.1) is 0 Å². The first-order valence-corrected chi connectivity index (χ1v) is 6.35. The summed E-state index contributed by atoms with van der Waals surface area (Å²) in [5.41, 5.74) is 0.538. The van der Waals surface area contributed by atoms with E-state index < -0.39 is 0 Å². The van der Waals surface area contributed by atoms with Crippen LogP contribution in [0.1, 0.15) is 32.6 Å². The zero-order valence-corrected chi connectivity index (χ0v) is 9.92. The Labute approximate surface area is 93.7 Å². The van der Waals surface area contributed by atoms with E-state index in [-0.39, 0.29) is 0 Å². The Bertz CT molecular complexity index is 301. The lowest BCUT2D eigenvalue weighted by molar-refractivity contribution is 0.145. The number of thiazole rings is 1. The van der Waals surface area contributed by atoms with Crippen LogP contribution in [0.15, 0.2) is 5.38 Å². The van der Waals surface area contributed by atoms with Crippen molar-refractivity contribution in [3.8, 4) is 0 Å². The van der Waals surface area contributed by atoms with Gasteiger partial charge in [0.1, 0.15) is 5.82 Å². The number of nitrogens with one attached hydrogen (secondary N) is 1. The van der Waals surface area contributed by atoms with Crippen molar-refractivity contribution < 1.29 is 0 Å². The van der Waals surface area contributed by atoms with Crippen molar-refractivity contribution in [2.75, 3.05) is 11.9 Å². The lowest BCUT2D eigenvalue weighted by Crippen LogP contribution is -2.35. The molecule has 1 aliphatic carbocycles. The molecule has 1 aliphatic rings. The van der Waals surface area contributed by atoms with E-state index in [0.29, 0.717) is 9.88 Å². The number of nitrogens with zero attached hydrogens (tertiary/aromatic N) is 1. The average Bonchev–Trinajstić information content (AvgIpc) is 2.50. The van der Waals surface area contributed by atoms with Crippen LogP contribution in [0.4, 0.5) is 5.82 Å². The van der Waals surface area contributed by atoms with Gasteiger partial charge in [-0.2, -0.15) is 0 Å². The van der Waals surface area contributed by atoms with Gasteiger partial charge in [-0.05, 0) is 24.7 Å². The van der Waals surface area contributed by atoms with E-state index >= 15 is 0 Å². The van der Waals surface area contributed by atoms with E-state index in [1.165, 1.54) is 37.0 Å². The lowest BCUT2D eigenvalue weighted by atomic mass is 9.67. The Morgan fingerprint density at radius 3 is 2.86 bits per heavy atom. The molecule has 0 saturated heterocycles. The minimum absolute atomic E-state index is 0.538. The number of hydrogen-bond acceptors (Lipinski definition) is 3. The Balaban J connectivity index is 1.87. The molecule has 78 valence electrons. The smallest absolute Gasteiger partial charge is 0.185 e. The Morgan fingerprint density at radius 2 is 2.43 bits per heavy atom. The van der Waals surface area contributed by atoms with Crippen LogP contribution in [0, 0.1) is 5.41 Å². The summed E-state index contributed by atoms with van der Waals surface area (Å²) < 4.78 is 0.617. The molecule has 1 saturated carbocycles. The van der Waals surface area contributed by atoms with Crippen molar-refractivity contribution in [3.05, 3.63) is 9.85 Å². The van der Waals surface area contributed by atoms with Gasteiger partial charge in [0.15, 0.2) is 4.47 Å². The zero-order valence-electron chi connectivity index (χ0n) is 8.35. The van der Waals surface area contributed by atoms with Crippen LogP contribution in [-0.4, -0.2) is 11.5 Å². The molecule has 1 N–H and O–H groups in total. The molecule has 1 fully saturated rings. The fraction of sp³-hybridized carbons (Fsp3) is 0.700. The third-order valence-corrected chi connectivity index (χ3v) is 4.26. The quantitative estimate of drug-likeness (QED) is 0.852. The van der Waals surface area contributed by atoms with E-state index in [1.807, 2.05) is 5.38 Å². The molecule has 2 nitrogen and oxygen atoms in total. The standard InChI is InChI=1S/C10H15ClN2S/c1-2-10(4-3-5-10)7-12-8-6-14-9(11)13-8/h6,12H,2-5,7H2,1H3. The molecular formula is C10H15ClN2S. The van der Waals surface area contributed by atoms with Crippen LogP contribution < -0.4 is 5.32 Å².